The first-order valence-corrected chi connectivity index (χ1v) is 6.36. The van der Waals surface area contributed by atoms with E-state index < -0.39 is 0 Å². The zero-order chi connectivity index (χ0) is 13.4. The van der Waals surface area contributed by atoms with Crippen LogP contribution in [0.4, 0.5) is 0 Å². The minimum Gasteiger partial charge on any atom is -0.507 e. The average Bonchev–Trinajstić information content (AvgIpc) is 2.84. The van der Waals surface area contributed by atoms with Crippen LogP contribution < -0.4 is 4.74 Å². The number of aromatic amines is 1. The van der Waals surface area contributed by atoms with Gasteiger partial charge in [-0.3, -0.25) is 0 Å². The van der Waals surface area contributed by atoms with Crippen molar-refractivity contribution in [3.63, 3.8) is 0 Å². The highest BCUT2D eigenvalue weighted by Crippen LogP contribution is 2.29. The van der Waals surface area contributed by atoms with Gasteiger partial charge in [-0.2, -0.15) is 4.98 Å². The summed E-state index contributed by atoms with van der Waals surface area (Å²) < 4.78 is 5.71. The number of aromatic hydroxyl groups is 1. The van der Waals surface area contributed by atoms with Gasteiger partial charge in [0, 0.05) is 11.6 Å². The van der Waals surface area contributed by atoms with Crippen molar-refractivity contribution in [1.82, 2.24) is 15.0 Å². The number of halogens is 1. The summed E-state index contributed by atoms with van der Waals surface area (Å²) in [6.07, 6.45) is 0. The fourth-order valence-corrected chi connectivity index (χ4v) is 2.03. The Morgan fingerprint density at radius 2 is 2.05 bits per heavy atom. The van der Waals surface area contributed by atoms with Gasteiger partial charge in [0.2, 0.25) is 5.88 Å². The molecule has 0 fully saturated rings. The van der Waals surface area contributed by atoms with Crippen molar-refractivity contribution < 1.29 is 9.84 Å². The molecule has 19 heavy (non-hydrogen) atoms. The highest BCUT2D eigenvalue weighted by atomic mass is 79.9. The highest BCUT2D eigenvalue weighted by molar-refractivity contribution is 9.10. The maximum Gasteiger partial charge on any atom is 0.215 e. The predicted molar refractivity (Wildman–Crippen MR) is 75.2 cm³/mol. The number of aromatic nitrogens is 3. The van der Waals surface area contributed by atoms with Gasteiger partial charge in [-0.05, 0) is 40.2 Å². The quantitative estimate of drug-likeness (QED) is 0.761. The molecule has 1 aromatic carbocycles. The van der Waals surface area contributed by atoms with E-state index in [-0.39, 0.29) is 5.75 Å². The first kappa shape index (κ1) is 12.0. The molecule has 6 heteroatoms. The zero-order valence-electron chi connectivity index (χ0n) is 10.0. The molecule has 0 aliphatic carbocycles. The second-order valence-electron chi connectivity index (χ2n) is 3.98. The monoisotopic (exact) mass is 319 g/mol. The summed E-state index contributed by atoms with van der Waals surface area (Å²) in [7, 11) is 1.56. The van der Waals surface area contributed by atoms with E-state index >= 15 is 0 Å². The zero-order valence-corrected chi connectivity index (χ0v) is 11.6. The van der Waals surface area contributed by atoms with Crippen molar-refractivity contribution in [1.29, 1.82) is 0 Å². The van der Waals surface area contributed by atoms with Crippen LogP contribution in [0.5, 0.6) is 11.6 Å². The number of nitrogens with zero attached hydrogens (tertiary/aromatic N) is 2. The molecule has 0 aliphatic rings. The van der Waals surface area contributed by atoms with Crippen LogP contribution in [-0.4, -0.2) is 27.2 Å². The number of hydrogen-bond donors (Lipinski definition) is 2. The van der Waals surface area contributed by atoms with Gasteiger partial charge < -0.3 is 14.8 Å². The van der Waals surface area contributed by atoms with Gasteiger partial charge in [0.1, 0.15) is 11.6 Å². The molecule has 0 saturated carbocycles. The Balaban J connectivity index is 2.11. The summed E-state index contributed by atoms with van der Waals surface area (Å²) in [5.74, 6) is 1.34. The lowest BCUT2D eigenvalue weighted by molar-refractivity contribution is 0.399. The van der Waals surface area contributed by atoms with E-state index in [0.717, 1.165) is 11.1 Å². The third-order valence-corrected chi connectivity index (χ3v) is 3.42. The molecule has 0 bridgehead atoms. The van der Waals surface area contributed by atoms with Crippen molar-refractivity contribution in [2.75, 3.05) is 7.11 Å². The van der Waals surface area contributed by atoms with E-state index in [2.05, 4.69) is 30.9 Å². The predicted octanol–water partition coefficient (Wildman–Crippen LogP) is 3.10. The van der Waals surface area contributed by atoms with Crippen molar-refractivity contribution in [3.05, 3.63) is 34.8 Å². The number of pyridine rings is 1. The SMILES string of the molecule is COc1ccc2[nH]c(-c3ccc(Br)c(O)c3)nc2n1. The lowest BCUT2D eigenvalue weighted by Crippen LogP contribution is -1.86. The van der Waals surface area contributed by atoms with Gasteiger partial charge in [-0.25, -0.2) is 4.98 Å². The van der Waals surface area contributed by atoms with Crippen molar-refractivity contribution in [2.24, 2.45) is 0 Å². The van der Waals surface area contributed by atoms with Crippen LogP contribution in [0.15, 0.2) is 34.8 Å². The number of phenols is 1. The Labute approximate surface area is 117 Å². The molecule has 3 aromatic rings. The number of phenolic OH excluding ortho intramolecular Hbond substituents is 1. The van der Waals surface area contributed by atoms with Crippen LogP contribution in [-0.2, 0) is 0 Å². The third-order valence-electron chi connectivity index (χ3n) is 2.75. The van der Waals surface area contributed by atoms with Crippen LogP contribution in [0.1, 0.15) is 0 Å². The smallest absolute Gasteiger partial charge is 0.215 e. The number of fused-ring (bicyclic) bond motifs is 1. The van der Waals surface area contributed by atoms with E-state index in [4.69, 9.17) is 4.74 Å². The normalized spacial score (nSPS) is 10.8. The van der Waals surface area contributed by atoms with Crippen LogP contribution >= 0.6 is 15.9 Å². The number of nitrogens with one attached hydrogen (secondary N) is 1. The maximum absolute atomic E-state index is 9.69. The Kier molecular flexibility index (Phi) is 2.87. The summed E-state index contributed by atoms with van der Waals surface area (Å²) in [4.78, 5) is 11.8. The molecule has 0 spiro atoms. The van der Waals surface area contributed by atoms with Gasteiger partial charge in [-0.15, -0.1) is 0 Å². The molecule has 2 heterocycles. The first-order chi connectivity index (χ1) is 9.17. The van der Waals surface area contributed by atoms with Crippen molar-refractivity contribution in [2.45, 2.75) is 0 Å². The Hall–Kier alpha value is -2.08. The third kappa shape index (κ3) is 2.15. The standard InChI is InChI=1S/C13H10BrN3O2/c1-19-11-5-4-9-13(16-11)17-12(15-9)7-2-3-8(14)10(18)6-7/h2-6,18H,1H3,(H,15,16,17). The molecule has 0 amide bonds. The van der Waals surface area contributed by atoms with Gasteiger partial charge in [0.15, 0.2) is 5.65 Å². The van der Waals surface area contributed by atoms with E-state index in [1.807, 2.05) is 12.1 Å². The number of benzene rings is 1. The summed E-state index contributed by atoms with van der Waals surface area (Å²) in [5, 5.41) is 9.69. The largest absolute Gasteiger partial charge is 0.507 e. The van der Waals surface area contributed by atoms with Crippen LogP contribution in [0, 0.1) is 0 Å². The van der Waals surface area contributed by atoms with Crippen molar-refractivity contribution >= 4 is 27.1 Å². The molecule has 0 radical (unpaired) electrons. The number of ether oxygens (including phenoxy) is 1. The molecule has 2 aromatic heterocycles. The number of methoxy groups -OCH3 is 1. The Morgan fingerprint density at radius 1 is 1.21 bits per heavy atom. The highest BCUT2D eigenvalue weighted by Gasteiger charge is 2.09. The maximum atomic E-state index is 9.69. The molecule has 0 saturated heterocycles. The molecular formula is C13H10BrN3O2. The minimum atomic E-state index is 0.170. The van der Waals surface area contributed by atoms with E-state index in [0.29, 0.717) is 21.8 Å². The molecule has 3 rings (SSSR count). The molecule has 0 unspecified atom stereocenters. The van der Waals surface area contributed by atoms with E-state index in [9.17, 15) is 5.11 Å². The summed E-state index contributed by atoms with van der Waals surface area (Å²) in [6.45, 7) is 0. The van der Waals surface area contributed by atoms with E-state index in [1.165, 1.54) is 0 Å². The van der Waals surface area contributed by atoms with Gasteiger partial charge in [-0.1, -0.05) is 0 Å². The molecule has 2 N–H and O–H groups in total. The molecule has 5 nitrogen and oxygen atoms in total. The lowest BCUT2D eigenvalue weighted by Gasteiger charge is -1.99. The molecule has 0 atom stereocenters. The van der Waals surface area contributed by atoms with E-state index in [1.54, 1.807) is 25.3 Å². The summed E-state index contributed by atoms with van der Waals surface area (Å²) >= 11 is 3.25. The molecular weight excluding hydrogens is 310 g/mol. The van der Waals surface area contributed by atoms with Gasteiger partial charge >= 0.3 is 0 Å². The topological polar surface area (TPSA) is 71.0 Å². The Bertz CT molecular complexity index is 755. The number of hydrogen-bond acceptors (Lipinski definition) is 4. The lowest BCUT2D eigenvalue weighted by atomic mass is 10.2. The molecule has 0 aliphatic heterocycles. The fourth-order valence-electron chi connectivity index (χ4n) is 1.79. The Morgan fingerprint density at radius 3 is 2.79 bits per heavy atom. The number of H-pyrrole nitrogens is 1. The van der Waals surface area contributed by atoms with Crippen molar-refractivity contribution in [3.8, 4) is 23.0 Å². The number of rotatable bonds is 2. The second kappa shape index (κ2) is 4.55. The minimum absolute atomic E-state index is 0.170. The fraction of sp³-hybridized carbons (Fsp3) is 0.0769. The second-order valence-corrected chi connectivity index (χ2v) is 4.83. The summed E-state index contributed by atoms with van der Waals surface area (Å²) in [6, 6.07) is 8.89. The van der Waals surface area contributed by atoms with Gasteiger partial charge in [0.25, 0.3) is 0 Å². The first-order valence-electron chi connectivity index (χ1n) is 5.57. The van der Waals surface area contributed by atoms with Crippen LogP contribution in [0.3, 0.4) is 0 Å². The molecule has 96 valence electrons. The number of imidazole rings is 1. The summed E-state index contributed by atoms with van der Waals surface area (Å²) in [5.41, 5.74) is 2.19. The van der Waals surface area contributed by atoms with Crippen LogP contribution in [0.25, 0.3) is 22.6 Å². The van der Waals surface area contributed by atoms with Gasteiger partial charge in [0.05, 0.1) is 17.1 Å². The average molecular weight is 320 g/mol. The van der Waals surface area contributed by atoms with Crippen LogP contribution in [0.2, 0.25) is 0 Å².